The molecule has 6 nitrogen and oxygen atoms in total. The first-order valence-electron chi connectivity index (χ1n) is 34.1. The molecule has 0 amide bonds. The number of allylic oxidation sites excluding steroid dienone is 14. The number of unbranched alkanes of at least 4 members (excludes halogenated alkanes) is 37. The molecule has 0 spiro atoms. The molecule has 0 aliphatic heterocycles. The van der Waals surface area contributed by atoms with Gasteiger partial charge in [-0.15, -0.1) is 0 Å². The lowest BCUT2D eigenvalue weighted by atomic mass is 10.0. The van der Waals surface area contributed by atoms with Crippen LogP contribution in [0.25, 0.3) is 0 Å². The third-order valence-corrected chi connectivity index (χ3v) is 14.9. The summed E-state index contributed by atoms with van der Waals surface area (Å²) in [5.41, 5.74) is 0. The van der Waals surface area contributed by atoms with Crippen LogP contribution >= 0.6 is 0 Å². The maximum atomic E-state index is 12.9. The largest absolute Gasteiger partial charge is 0.462 e. The molecule has 0 heterocycles. The standard InChI is InChI=1S/C73H128O6/c1-4-7-10-13-16-19-22-24-26-28-30-31-32-33-34-35-36-37-38-39-40-41-43-44-46-48-51-54-57-60-63-66-72(75)78-69-70(68-77-71(74)65-62-59-56-53-50-21-18-15-12-9-6-3)79-73(76)67-64-61-58-55-52-49-47-45-42-29-27-25-23-20-17-14-11-8-5-2/h7,10,15-16,18-19,24,26,30-31,33-34,36-37,70H,4-6,8-9,11-14,17,20-23,25,27-29,32,35,38-69H2,1-3H3/b10-7-,18-15-,19-16-,26-24-,31-30-,34-33-,37-36-. The average Bonchev–Trinajstić information content (AvgIpc) is 3.45. The Balaban J connectivity index is 4.19. The first-order chi connectivity index (χ1) is 39.0. The minimum Gasteiger partial charge on any atom is -0.462 e. The summed E-state index contributed by atoms with van der Waals surface area (Å²) in [5, 5.41) is 0. The Kier molecular flexibility index (Phi) is 64.2. The van der Waals surface area contributed by atoms with Gasteiger partial charge in [-0.3, -0.25) is 14.4 Å². The van der Waals surface area contributed by atoms with Crippen LogP contribution in [-0.2, 0) is 28.6 Å². The van der Waals surface area contributed by atoms with Crippen LogP contribution in [0.3, 0.4) is 0 Å². The van der Waals surface area contributed by atoms with E-state index < -0.39 is 6.10 Å². The smallest absolute Gasteiger partial charge is 0.306 e. The van der Waals surface area contributed by atoms with Crippen LogP contribution in [0.5, 0.6) is 0 Å². The van der Waals surface area contributed by atoms with Gasteiger partial charge in [-0.05, 0) is 89.9 Å². The minimum absolute atomic E-state index is 0.0760. The molecule has 0 saturated heterocycles. The molecule has 0 fully saturated rings. The highest BCUT2D eigenvalue weighted by Crippen LogP contribution is 2.17. The normalized spacial score (nSPS) is 12.6. The van der Waals surface area contributed by atoms with Gasteiger partial charge in [0.05, 0.1) is 0 Å². The molecule has 0 aromatic carbocycles. The van der Waals surface area contributed by atoms with Crippen molar-refractivity contribution < 1.29 is 28.6 Å². The van der Waals surface area contributed by atoms with Crippen LogP contribution in [0.15, 0.2) is 85.1 Å². The lowest BCUT2D eigenvalue weighted by Crippen LogP contribution is -2.30. The average molecular weight is 1100 g/mol. The maximum absolute atomic E-state index is 12.9. The van der Waals surface area contributed by atoms with Crippen molar-refractivity contribution >= 4 is 17.9 Å². The predicted molar refractivity (Wildman–Crippen MR) is 344 cm³/mol. The molecular weight excluding hydrogens is 973 g/mol. The second kappa shape index (κ2) is 67.1. The molecule has 456 valence electrons. The second-order valence-electron chi connectivity index (χ2n) is 22.7. The summed E-state index contributed by atoms with van der Waals surface area (Å²) in [6, 6.07) is 0. The molecule has 0 saturated carbocycles. The number of carbonyl (C=O) groups is 3. The Bertz CT molecular complexity index is 1500. The fraction of sp³-hybridized carbons (Fsp3) is 0.767. The molecule has 0 aromatic rings. The lowest BCUT2D eigenvalue weighted by molar-refractivity contribution is -0.167. The van der Waals surface area contributed by atoms with Gasteiger partial charge >= 0.3 is 17.9 Å². The van der Waals surface area contributed by atoms with Gasteiger partial charge in [-0.2, -0.15) is 0 Å². The summed E-state index contributed by atoms with van der Waals surface area (Å²) >= 11 is 0. The molecule has 79 heavy (non-hydrogen) atoms. The van der Waals surface area contributed by atoms with Crippen LogP contribution in [0.2, 0.25) is 0 Å². The van der Waals surface area contributed by atoms with E-state index in [-0.39, 0.29) is 31.1 Å². The Morgan fingerprint density at radius 3 is 0.823 bits per heavy atom. The van der Waals surface area contributed by atoms with Gasteiger partial charge in [0.25, 0.3) is 0 Å². The Morgan fingerprint density at radius 1 is 0.266 bits per heavy atom. The zero-order valence-corrected chi connectivity index (χ0v) is 52.4. The van der Waals surface area contributed by atoms with Crippen LogP contribution in [-0.4, -0.2) is 37.2 Å². The molecule has 0 radical (unpaired) electrons. The van der Waals surface area contributed by atoms with Crippen LogP contribution < -0.4 is 0 Å². The van der Waals surface area contributed by atoms with E-state index in [1.54, 1.807) is 0 Å². The van der Waals surface area contributed by atoms with E-state index in [4.69, 9.17) is 14.2 Å². The Morgan fingerprint density at radius 2 is 0.506 bits per heavy atom. The molecular formula is C73H128O6. The highest BCUT2D eigenvalue weighted by Gasteiger charge is 2.19. The second-order valence-corrected chi connectivity index (χ2v) is 22.7. The van der Waals surface area contributed by atoms with E-state index in [0.29, 0.717) is 19.3 Å². The Hall–Kier alpha value is -3.41. The van der Waals surface area contributed by atoms with Gasteiger partial charge in [-0.25, -0.2) is 0 Å². The predicted octanol–water partition coefficient (Wildman–Crippen LogP) is 23.4. The van der Waals surface area contributed by atoms with Crippen molar-refractivity contribution in [2.45, 2.75) is 348 Å². The number of hydrogen-bond acceptors (Lipinski definition) is 6. The van der Waals surface area contributed by atoms with Crippen LogP contribution in [0.1, 0.15) is 342 Å². The quantitative estimate of drug-likeness (QED) is 0.0261. The third-order valence-electron chi connectivity index (χ3n) is 14.9. The highest BCUT2D eigenvalue weighted by atomic mass is 16.6. The van der Waals surface area contributed by atoms with E-state index in [0.717, 1.165) is 103 Å². The van der Waals surface area contributed by atoms with Crippen molar-refractivity contribution in [3.8, 4) is 0 Å². The molecule has 0 aliphatic rings. The van der Waals surface area contributed by atoms with Crippen molar-refractivity contribution in [1.29, 1.82) is 0 Å². The molecule has 0 rings (SSSR count). The van der Waals surface area contributed by atoms with Crippen molar-refractivity contribution in [3.05, 3.63) is 85.1 Å². The molecule has 0 bridgehead atoms. The van der Waals surface area contributed by atoms with E-state index in [2.05, 4.69) is 106 Å². The zero-order chi connectivity index (χ0) is 57.1. The van der Waals surface area contributed by atoms with Crippen LogP contribution in [0, 0.1) is 0 Å². The number of ether oxygens (including phenoxy) is 3. The third kappa shape index (κ3) is 65.3. The highest BCUT2D eigenvalue weighted by molar-refractivity contribution is 5.71. The molecule has 0 N–H and O–H groups in total. The number of rotatable bonds is 62. The van der Waals surface area contributed by atoms with Crippen molar-refractivity contribution in [3.63, 3.8) is 0 Å². The summed E-state index contributed by atoms with van der Waals surface area (Å²) in [6.07, 6.45) is 88.9. The summed E-state index contributed by atoms with van der Waals surface area (Å²) in [4.78, 5) is 38.3. The Labute approximate surface area is 490 Å². The number of hydrogen-bond donors (Lipinski definition) is 0. The van der Waals surface area contributed by atoms with E-state index in [1.165, 1.54) is 199 Å². The SMILES string of the molecule is CC/C=C\C/C=C\C/C=C\C/C=C\C/C=C\C/C=C\CCCCCCCCCCCCCCC(=O)OCC(COC(=O)CCCCCCC/C=C\CCCC)OC(=O)CCCCCCCCCCCCCCCCCCCCC. The summed E-state index contributed by atoms with van der Waals surface area (Å²) < 4.78 is 16.9. The number of carbonyl (C=O) groups excluding carboxylic acids is 3. The van der Waals surface area contributed by atoms with Crippen molar-refractivity contribution in [1.82, 2.24) is 0 Å². The maximum Gasteiger partial charge on any atom is 0.306 e. The first-order valence-corrected chi connectivity index (χ1v) is 34.1. The summed E-state index contributed by atoms with van der Waals surface area (Å²) in [5.74, 6) is -0.870. The fourth-order valence-electron chi connectivity index (χ4n) is 9.78. The van der Waals surface area contributed by atoms with Gasteiger partial charge < -0.3 is 14.2 Å². The van der Waals surface area contributed by atoms with Crippen LogP contribution in [0.4, 0.5) is 0 Å². The van der Waals surface area contributed by atoms with Gasteiger partial charge in [0, 0.05) is 19.3 Å². The van der Waals surface area contributed by atoms with Gasteiger partial charge in [-0.1, -0.05) is 318 Å². The van der Waals surface area contributed by atoms with Gasteiger partial charge in [0.15, 0.2) is 6.10 Å². The fourth-order valence-corrected chi connectivity index (χ4v) is 9.78. The van der Waals surface area contributed by atoms with Crippen molar-refractivity contribution in [2.75, 3.05) is 13.2 Å². The topological polar surface area (TPSA) is 78.9 Å². The van der Waals surface area contributed by atoms with E-state index in [9.17, 15) is 14.4 Å². The molecule has 0 aliphatic carbocycles. The monoisotopic (exact) mass is 1100 g/mol. The van der Waals surface area contributed by atoms with E-state index in [1.807, 2.05) is 0 Å². The van der Waals surface area contributed by atoms with Gasteiger partial charge in [0.1, 0.15) is 13.2 Å². The molecule has 1 atom stereocenters. The summed E-state index contributed by atoms with van der Waals surface area (Å²) in [6.45, 7) is 6.52. The van der Waals surface area contributed by atoms with E-state index >= 15 is 0 Å². The number of esters is 3. The molecule has 6 heteroatoms. The summed E-state index contributed by atoms with van der Waals surface area (Å²) in [7, 11) is 0. The lowest BCUT2D eigenvalue weighted by Gasteiger charge is -2.18. The first kappa shape index (κ1) is 75.6. The minimum atomic E-state index is -0.778. The van der Waals surface area contributed by atoms with Gasteiger partial charge in [0.2, 0.25) is 0 Å². The molecule has 0 aromatic heterocycles. The zero-order valence-electron chi connectivity index (χ0n) is 52.4. The van der Waals surface area contributed by atoms with Crippen molar-refractivity contribution in [2.24, 2.45) is 0 Å². The molecule has 1 unspecified atom stereocenters.